The monoisotopic (exact) mass is 451 g/mol. The van der Waals surface area contributed by atoms with E-state index in [-0.39, 0.29) is 29.7 Å². The Bertz CT molecular complexity index is 952. The number of rotatable bonds is 2. The van der Waals surface area contributed by atoms with Crippen LogP contribution in [-0.4, -0.2) is 45.1 Å². The van der Waals surface area contributed by atoms with Crippen molar-refractivity contribution in [3.05, 3.63) is 72.4 Å². The first kappa shape index (κ1) is 23.9. The first-order valence-corrected chi connectivity index (χ1v) is 12.1. The highest BCUT2D eigenvalue weighted by atomic mass is 16.3. The van der Waals surface area contributed by atoms with Crippen LogP contribution in [0.3, 0.4) is 0 Å². The second-order valence-corrected chi connectivity index (χ2v) is 10.7. The van der Waals surface area contributed by atoms with Gasteiger partial charge in [-0.2, -0.15) is 0 Å². The molecule has 1 aromatic rings. The van der Waals surface area contributed by atoms with E-state index in [0.29, 0.717) is 24.8 Å². The summed E-state index contributed by atoms with van der Waals surface area (Å²) < 4.78 is 0. The van der Waals surface area contributed by atoms with Crippen molar-refractivity contribution in [2.75, 3.05) is 0 Å². The van der Waals surface area contributed by atoms with Crippen molar-refractivity contribution < 1.29 is 20.1 Å². The molecule has 33 heavy (non-hydrogen) atoms. The van der Waals surface area contributed by atoms with Crippen molar-refractivity contribution in [1.29, 1.82) is 0 Å². The highest BCUT2D eigenvalue weighted by molar-refractivity contribution is 5.88. The van der Waals surface area contributed by atoms with E-state index in [4.69, 9.17) is 0 Å². The fourth-order valence-corrected chi connectivity index (χ4v) is 6.61. The lowest BCUT2D eigenvalue weighted by Gasteiger charge is -2.51. The molecule has 3 aliphatic rings. The number of aliphatic hydroxyl groups excluding tert-OH is 2. The van der Waals surface area contributed by atoms with E-state index < -0.39 is 29.1 Å². The third-order valence-electron chi connectivity index (χ3n) is 8.16. The molecule has 1 heterocycles. The highest BCUT2D eigenvalue weighted by Gasteiger charge is 2.67. The van der Waals surface area contributed by atoms with Crippen LogP contribution in [-0.2, 0) is 11.2 Å². The number of hydrogen-bond acceptors (Lipinski definition) is 4. The number of aliphatic hydroxyl groups is 3. The highest BCUT2D eigenvalue weighted by Crippen LogP contribution is 2.57. The minimum atomic E-state index is -1.25. The molecule has 5 nitrogen and oxygen atoms in total. The smallest absolute Gasteiger partial charge is 0.230 e. The Morgan fingerprint density at radius 2 is 1.85 bits per heavy atom. The first-order chi connectivity index (χ1) is 15.6. The molecule has 9 atom stereocenters. The number of nitrogens with one attached hydrogen (secondary N) is 1. The van der Waals surface area contributed by atoms with Gasteiger partial charge in [0.1, 0.15) is 0 Å². The van der Waals surface area contributed by atoms with Crippen molar-refractivity contribution in [2.45, 2.75) is 63.9 Å². The SMILES string of the molecule is C=C1[C@@H](C)[C@H]2[C@H](Cc3ccccc3)NC(=O)[C@]23[C@H](O)/C=C\[C@@](C)(O)C[C@@H](C)C/C=C\[C@H]3[C@@H]1O. The fraction of sp³-hybridized carbons (Fsp3) is 0.536. The maximum Gasteiger partial charge on any atom is 0.230 e. The third-order valence-corrected chi connectivity index (χ3v) is 8.16. The van der Waals surface area contributed by atoms with E-state index in [1.165, 1.54) is 0 Å². The average molecular weight is 452 g/mol. The summed E-state index contributed by atoms with van der Waals surface area (Å²) in [6.07, 6.45) is 6.88. The summed E-state index contributed by atoms with van der Waals surface area (Å²) in [7, 11) is 0. The standard InChI is InChI=1S/C28H37NO4/c1-17-9-8-12-21-25(31)19(3)18(2)24-22(15-20-10-6-5-7-11-20)29-26(32)28(21,24)23(30)13-14-27(4,33)16-17/h5-8,10-14,17-18,21-25,30-31,33H,3,9,15-16H2,1-2,4H3,(H,29,32)/b12-8-,14-13-/t17-,18+,21-,22-,23+,24-,25+,27+,28+/m0/s1. The van der Waals surface area contributed by atoms with Gasteiger partial charge in [0, 0.05) is 17.9 Å². The zero-order valence-corrected chi connectivity index (χ0v) is 19.8. The van der Waals surface area contributed by atoms with Gasteiger partial charge >= 0.3 is 0 Å². The molecule has 5 heteroatoms. The molecule has 1 saturated carbocycles. The van der Waals surface area contributed by atoms with Crippen molar-refractivity contribution in [3.63, 3.8) is 0 Å². The molecule has 1 amide bonds. The van der Waals surface area contributed by atoms with Gasteiger partial charge in [0.15, 0.2) is 0 Å². The summed E-state index contributed by atoms with van der Waals surface area (Å²) in [5.41, 5.74) is -0.544. The van der Waals surface area contributed by atoms with Crippen molar-refractivity contribution in [2.24, 2.45) is 29.1 Å². The van der Waals surface area contributed by atoms with Gasteiger partial charge in [-0.3, -0.25) is 4.79 Å². The number of carbonyl (C=O) groups is 1. The molecule has 2 fully saturated rings. The number of carbonyl (C=O) groups excluding carboxylic acids is 1. The summed E-state index contributed by atoms with van der Waals surface area (Å²) in [6.45, 7) is 10.00. The average Bonchev–Trinajstić information content (AvgIpc) is 3.04. The number of amides is 1. The van der Waals surface area contributed by atoms with Crippen molar-refractivity contribution in [3.8, 4) is 0 Å². The van der Waals surface area contributed by atoms with Gasteiger partial charge < -0.3 is 20.6 Å². The van der Waals surface area contributed by atoms with E-state index >= 15 is 0 Å². The van der Waals surface area contributed by atoms with E-state index in [1.54, 1.807) is 19.1 Å². The number of allylic oxidation sites excluding steroid dienone is 1. The Kier molecular flexibility index (Phi) is 6.43. The second-order valence-electron chi connectivity index (χ2n) is 10.7. The summed E-state index contributed by atoms with van der Waals surface area (Å²) in [4.78, 5) is 13.8. The maximum atomic E-state index is 13.8. The first-order valence-electron chi connectivity index (χ1n) is 12.1. The molecular formula is C28H37NO4. The second kappa shape index (κ2) is 8.86. The minimum Gasteiger partial charge on any atom is -0.388 e. The zero-order chi connectivity index (χ0) is 24.0. The lowest BCUT2D eigenvalue weighted by molar-refractivity contribution is -0.147. The maximum absolute atomic E-state index is 13.8. The summed E-state index contributed by atoms with van der Waals surface area (Å²) in [5, 5.41) is 37.0. The van der Waals surface area contributed by atoms with E-state index in [9.17, 15) is 20.1 Å². The molecule has 1 aliphatic heterocycles. The van der Waals surface area contributed by atoms with Crippen LogP contribution in [0.2, 0.25) is 0 Å². The van der Waals surface area contributed by atoms with E-state index in [2.05, 4.69) is 18.8 Å². The quantitative estimate of drug-likeness (QED) is 0.520. The Balaban J connectivity index is 1.85. The summed E-state index contributed by atoms with van der Waals surface area (Å²) in [6, 6.07) is 9.80. The normalized spacial score (nSPS) is 45.3. The van der Waals surface area contributed by atoms with Gasteiger partial charge in [-0.25, -0.2) is 0 Å². The van der Waals surface area contributed by atoms with Crippen LogP contribution >= 0.6 is 0 Å². The molecule has 4 rings (SSSR count). The Labute approximate surface area is 196 Å². The number of benzene rings is 1. The van der Waals surface area contributed by atoms with Crippen molar-refractivity contribution in [1.82, 2.24) is 5.32 Å². The van der Waals surface area contributed by atoms with Crippen LogP contribution in [0.15, 0.2) is 66.8 Å². The summed E-state index contributed by atoms with van der Waals surface area (Å²) in [5.74, 6) is -1.09. The fourth-order valence-electron chi connectivity index (χ4n) is 6.61. The third kappa shape index (κ3) is 4.11. The van der Waals surface area contributed by atoms with Gasteiger partial charge in [-0.05, 0) is 49.2 Å². The zero-order valence-electron chi connectivity index (χ0n) is 19.8. The largest absolute Gasteiger partial charge is 0.388 e. The molecular weight excluding hydrogens is 414 g/mol. The molecule has 0 bridgehead atoms. The van der Waals surface area contributed by atoms with Crippen LogP contribution in [0.1, 0.15) is 39.2 Å². The number of hydrogen-bond donors (Lipinski definition) is 4. The Morgan fingerprint density at radius 3 is 2.55 bits per heavy atom. The molecule has 0 radical (unpaired) electrons. The molecule has 2 aliphatic carbocycles. The van der Waals surface area contributed by atoms with Gasteiger partial charge in [0.05, 0.1) is 23.2 Å². The van der Waals surface area contributed by atoms with Gasteiger partial charge in [0.25, 0.3) is 0 Å². The van der Waals surface area contributed by atoms with E-state index in [0.717, 1.165) is 5.56 Å². The predicted molar refractivity (Wildman–Crippen MR) is 129 cm³/mol. The molecule has 1 spiro atoms. The molecule has 0 unspecified atom stereocenters. The molecule has 1 saturated heterocycles. The molecule has 178 valence electrons. The summed E-state index contributed by atoms with van der Waals surface area (Å²) >= 11 is 0. The van der Waals surface area contributed by atoms with Crippen LogP contribution < -0.4 is 5.32 Å². The predicted octanol–water partition coefficient (Wildman–Crippen LogP) is 3.17. The van der Waals surface area contributed by atoms with Crippen LogP contribution in [0.25, 0.3) is 0 Å². The Morgan fingerprint density at radius 1 is 1.15 bits per heavy atom. The molecule has 1 aromatic carbocycles. The van der Waals surface area contributed by atoms with Crippen LogP contribution in [0, 0.1) is 29.1 Å². The molecule has 4 N–H and O–H groups in total. The van der Waals surface area contributed by atoms with Gasteiger partial charge in [-0.1, -0.05) is 75.1 Å². The Hall–Kier alpha value is -2.21. The topological polar surface area (TPSA) is 89.8 Å². The lowest BCUT2D eigenvalue weighted by atomic mass is 9.51. The lowest BCUT2D eigenvalue weighted by Crippen LogP contribution is -2.59. The van der Waals surface area contributed by atoms with Gasteiger partial charge in [-0.15, -0.1) is 0 Å². The van der Waals surface area contributed by atoms with E-state index in [1.807, 2.05) is 49.4 Å². The minimum absolute atomic E-state index is 0.176. The van der Waals surface area contributed by atoms with Crippen molar-refractivity contribution >= 4 is 5.91 Å². The van der Waals surface area contributed by atoms with Crippen LogP contribution in [0.5, 0.6) is 0 Å². The van der Waals surface area contributed by atoms with Crippen LogP contribution in [0.4, 0.5) is 0 Å². The molecule has 0 aromatic heterocycles. The van der Waals surface area contributed by atoms with Gasteiger partial charge in [0.2, 0.25) is 5.91 Å².